The zero-order chi connectivity index (χ0) is 24.6. The summed E-state index contributed by atoms with van der Waals surface area (Å²) in [6.45, 7) is 3.46. The summed E-state index contributed by atoms with van der Waals surface area (Å²) in [6, 6.07) is 9.68. The maximum absolute atomic E-state index is 15.9. The van der Waals surface area contributed by atoms with E-state index in [2.05, 4.69) is 35.5 Å². The summed E-state index contributed by atoms with van der Waals surface area (Å²) in [5, 5.41) is 10.7. The largest absolute Gasteiger partial charge is 0.336 e. The molecular formula is C26H20F2N8. The minimum Gasteiger partial charge on any atom is -0.336 e. The molecule has 5 heterocycles. The molecule has 3 N–H and O–H groups in total. The summed E-state index contributed by atoms with van der Waals surface area (Å²) in [7, 11) is 0. The zero-order valence-electron chi connectivity index (χ0n) is 19.2. The van der Waals surface area contributed by atoms with E-state index in [0.29, 0.717) is 45.9 Å². The van der Waals surface area contributed by atoms with Crippen LogP contribution in [0.4, 0.5) is 8.78 Å². The number of rotatable bonds is 6. The van der Waals surface area contributed by atoms with Gasteiger partial charge in [-0.15, -0.1) is 0 Å². The molecule has 0 atom stereocenters. The average Bonchev–Trinajstić information content (AvgIpc) is 3.53. The minimum absolute atomic E-state index is 0.181. The Kier molecular flexibility index (Phi) is 5.42. The lowest BCUT2D eigenvalue weighted by Gasteiger charge is -2.07. The van der Waals surface area contributed by atoms with Gasteiger partial charge in [-0.25, -0.2) is 13.8 Å². The monoisotopic (exact) mass is 482 g/mol. The Morgan fingerprint density at radius 3 is 2.58 bits per heavy atom. The summed E-state index contributed by atoms with van der Waals surface area (Å²) in [6.07, 6.45) is 6.53. The third-order valence-corrected chi connectivity index (χ3v) is 5.93. The van der Waals surface area contributed by atoms with Gasteiger partial charge in [-0.1, -0.05) is 6.92 Å². The molecule has 1 aromatic carbocycles. The molecule has 0 radical (unpaired) electrons. The van der Waals surface area contributed by atoms with E-state index in [0.717, 1.165) is 17.7 Å². The number of nitrogens with one attached hydrogen (secondary N) is 3. The third kappa shape index (κ3) is 3.77. The van der Waals surface area contributed by atoms with Crippen molar-refractivity contribution in [2.24, 2.45) is 0 Å². The van der Waals surface area contributed by atoms with E-state index < -0.39 is 5.82 Å². The number of nitrogens with zero attached hydrogens (tertiary/aromatic N) is 5. The molecule has 0 spiro atoms. The molecule has 0 saturated heterocycles. The van der Waals surface area contributed by atoms with Crippen LogP contribution in [0.25, 0.3) is 56.0 Å². The molecule has 0 saturated carbocycles. The predicted octanol–water partition coefficient (Wildman–Crippen LogP) is 5.01. The van der Waals surface area contributed by atoms with Crippen molar-refractivity contribution >= 4 is 21.9 Å². The van der Waals surface area contributed by atoms with E-state index in [1.165, 1.54) is 12.1 Å². The van der Waals surface area contributed by atoms with Crippen LogP contribution in [0.1, 0.15) is 12.5 Å². The van der Waals surface area contributed by atoms with Crippen LogP contribution in [0.15, 0.2) is 61.2 Å². The molecule has 0 aliphatic carbocycles. The Morgan fingerprint density at radius 2 is 1.75 bits per heavy atom. The van der Waals surface area contributed by atoms with Crippen LogP contribution >= 0.6 is 0 Å². The molecule has 178 valence electrons. The SMILES string of the molecule is CCNCc1cncc(-c2ncc3[nH]nc(-c4nc5c(-c6ccc(F)cc6)nccc5[nH]4)c3c2F)c1. The van der Waals surface area contributed by atoms with Crippen molar-refractivity contribution in [1.82, 2.24) is 40.4 Å². The van der Waals surface area contributed by atoms with Crippen molar-refractivity contribution in [3.63, 3.8) is 0 Å². The Morgan fingerprint density at radius 1 is 0.889 bits per heavy atom. The van der Waals surface area contributed by atoms with Crippen LogP contribution in [-0.2, 0) is 6.54 Å². The predicted molar refractivity (Wildman–Crippen MR) is 133 cm³/mol. The lowest BCUT2D eigenvalue weighted by Crippen LogP contribution is -2.11. The lowest BCUT2D eigenvalue weighted by molar-refractivity contribution is 0.628. The highest BCUT2D eigenvalue weighted by atomic mass is 19.1. The fourth-order valence-electron chi connectivity index (χ4n) is 4.20. The molecule has 10 heteroatoms. The van der Waals surface area contributed by atoms with E-state index in [4.69, 9.17) is 4.98 Å². The van der Waals surface area contributed by atoms with E-state index in [-0.39, 0.29) is 16.9 Å². The fraction of sp³-hybridized carbons (Fsp3) is 0.115. The molecule has 6 rings (SSSR count). The van der Waals surface area contributed by atoms with Gasteiger partial charge in [-0.05, 0) is 48.5 Å². The third-order valence-electron chi connectivity index (χ3n) is 5.93. The highest BCUT2D eigenvalue weighted by Gasteiger charge is 2.21. The molecule has 6 aromatic rings. The van der Waals surface area contributed by atoms with Crippen molar-refractivity contribution in [3.05, 3.63) is 78.4 Å². The maximum Gasteiger partial charge on any atom is 0.161 e. The molecular weight excluding hydrogens is 462 g/mol. The van der Waals surface area contributed by atoms with Crippen molar-refractivity contribution in [1.29, 1.82) is 0 Å². The maximum atomic E-state index is 15.9. The van der Waals surface area contributed by atoms with Crippen LogP contribution in [0.5, 0.6) is 0 Å². The van der Waals surface area contributed by atoms with Gasteiger partial charge in [-0.3, -0.25) is 20.1 Å². The van der Waals surface area contributed by atoms with E-state index in [1.807, 2.05) is 13.0 Å². The highest BCUT2D eigenvalue weighted by molar-refractivity contribution is 5.97. The van der Waals surface area contributed by atoms with Gasteiger partial charge in [0.25, 0.3) is 0 Å². The first-order valence-electron chi connectivity index (χ1n) is 11.4. The Labute approximate surface area is 203 Å². The molecule has 5 aromatic heterocycles. The number of pyridine rings is 3. The number of hydrogen-bond acceptors (Lipinski definition) is 6. The van der Waals surface area contributed by atoms with Crippen LogP contribution < -0.4 is 5.32 Å². The summed E-state index contributed by atoms with van der Waals surface area (Å²) >= 11 is 0. The zero-order valence-corrected chi connectivity index (χ0v) is 19.2. The quantitative estimate of drug-likeness (QED) is 0.308. The summed E-state index contributed by atoms with van der Waals surface area (Å²) in [4.78, 5) is 20.9. The fourth-order valence-corrected chi connectivity index (χ4v) is 4.20. The van der Waals surface area contributed by atoms with E-state index in [1.54, 1.807) is 43.0 Å². The second-order valence-corrected chi connectivity index (χ2v) is 8.29. The lowest BCUT2D eigenvalue weighted by atomic mass is 10.1. The molecule has 0 aliphatic heterocycles. The van der Waals surface area contributed by atoms with Gasteiger partial charge in [-0.2, -0.15) is 5.10 Å². The number of halogens is 2. The number of aromatic nitrogens is 7. The van der Waals surface area contributed by atoms with Crippen molar-refractivity contribution in [2.75, 3.05) is 6.54 Å². The van der Waals surface area contributed by atoms with Crippen LogP contribution in [0.2, 0.25) is 0 Å². The number of aromatic amines is 2. The number of hydrogen-bond donors (Lipinski definition) is 3. The van der Waals surface area contributed by atoms with Crippen LogP contribution in [0.3, 0.4) is 0 Å². The van der Waals surface area contributed by atoms with Gasteiger partial charge < -0.3 is 10.3 Å². The number of benzene rings is 1. The molecule has 8 nitrogen and oxygen atoms in total. The van der Waals surface area contributed by atoms with Gasteiger partial charge in [0, 0.05) is 36.3 Å². The van der Waals surface area contributed by atoms with Crippen LogP contribution in [-0.4, -0.2) is 41.7 Å². The molecule has 0 fully saturated rings. The van der Waals surface area contributed by atoms with Crippen molar-refractivity contribution in [3.8, 4) is 34.0 Å². The molecule has 0 amide bonds. The van der Waals surface area contributed by atoms with Gasteiger partial charge in [0.2, 0.25) is 0 Å². The Balaban J connectivity index is 1.47. The van der Waals surface area contributed by atoms with E-state index in [9.17, 15) is 4.39 Å². The topological polar surface area (TPSA) is 108 Å². The minimum atomic E-state index is -0.518. The standard InChI is InChI=1S/C26H20F2N8/c1-2-29-10-14-9-16(12-30-11-14)22-21(28)20-19(13-32-22)35-36-25(20)26-33-18-7-8-31-23(24(18)34-26)15-3-5-17(27)6-4-15/h3-9,11-13,29H,2,10H2,1H3,(H,33,34)(H,35,36). The first-order valence-corrected chi connectivity index (χ1v) is 11.4. The number of H-pyrrole nitrogens is 2. The molecule has 0 aliphatic rings. The highest BCUT2D eigenvalue weighted by Crippen LogP contribution is 2.34. The second-order valence-electron chi connectivity index (χ2n) is 8.29. The molecule has 0 bridgehead atoms. The van der Waals surface area contributed by atoms with Gasteiger partial charge in [0.1, 0.15) is 22.7 Å². The first-order chi connectivity index (χ1) is 17.6. The summed E-state index contributed by atoms with van der Waals surface area (Å²) in [5.41, 5.74) is 5.03. The summed E-state index contributed by atoms with van der Waals surface area (Å²) in [5.74, 6) is -0.474. The second kappa shape index (κ2) is 8.90. The van der Waals surface area contributed by atoms with E-state index >= 15 is 4.39 Å². The molecule has 36 heavy (non-hydrogen) atoms. The average molecular weight is 482 g/mol. The normalized spacial score (nSPS) is 11.5. The number of imidazole rings is 1. The smallest absolute Gasteiger partial charge is 0.161 e. The first kappa shape index (κ1) is 21.9. The summed E-state index contributed by atoms with van der Waals surface area (Å²) < 4.78 is 29.3. The number of fused-ring (bicyclic) bond motifs is 2. The molecule has 0 unspecified atom stereocenters. The Bertz CT molecular complexity index is 1710. The Hall–Kier alpha value is -4.57. The van der Waals surface area contributed by atoms with Crippen LogP contribution in [0, 0.1) is 11.6 Å². The van der Waals surface area contributed by atoms with Crippen molar-refractivity contribution < 1.29 is 8.78 Å². The van der Waals surface area contributed by atoms with Gasteiger partial charge >= 0.3 is 0 Å². The van der Waals surface area contributed by atoms with Gasteiger partial charge in [0.05, 0.1) is 28.3 Å². The van der Waals surface area contributed by atoms with Gasteiger partial charge in [0.15, 0.2) is 11.6 Å². The van der Waals surface area contributed by atoms with Crippen molar-refractivity contribution in [2.45, 2.75) is 13.5 Å².